The van der Waals surface area contributed by atoms with Gasteiger partial charge < -0.3 is 15.2 Å². The van der Waals surface area contributed by atoms with Crippen LogP contribution in [-0.2, 0) is 0 Å². The SMILES string of the molecule is O=C(c1cc(F)cc2[nH]cnc12)N1CCNCC1c1cccc(Cl)c1. The molecule has 128 valence electrons. The van der Waals surface area contributed by atoms with Crippen LogP contribution in [0.3, 0.4) is 0 Å². The fraction of sp³-hybridized carbons (Fsp3) is 0.222. The van der Waals surface area contributed by atoms with Crippen LogP contribution in [0.4, 0.5) is 4.39 Å². The zero-order valence-electron chi connectivity index (χ0n) is 13.3. The van der Waals surface area contributed by atoms with Crippen LogP contribution < -0.4 is 5.32 Å². The largest absolute Gasteiger partial charge is 0.344 e. The Morgan fingerprint density at radius 1 is 1.32 bits per heavy atom. The van der Waals surface area contributed by atoms with E-state index in [9.17, 15) is 9.18 Å². The van der Waals surface area contributed by atoms with Crippen LogP contribution in [0.1, 0.15) is 22.0 Å². The summed E-state index contributed by atoms with van der Waals surface area (Å²) in [6.45, 7) is 1.82. The molecule has 0 saturated carbocycles. The van der Waals surface area contributed by atoms with E-state index in [1.807, 2.05) is 18.2 Å². The van der Waals surface area contributed by atoms with Gasteiger partial charge in [-0.15, -0.1) is 0 Å². The Bertz CT molecular complexity index is 942. The molecule has 1 aromatic heterocycles. The number of rotatable bonds is 2. The van der Waals surface area contributed by atoms with Crippen molar-refractivity contribution in [2.45, 2.75) is 6.04 Å². The third-order valence-electron chi connectivity index (χ3n) is 4.46. The Balaban J connectivity index is 1.75. The summed E-state index contributed by atoms with van der Waals surface area (Å²) in [5, 5.41) is 3.92. The van der Waals surface area contributed by atoms with E-state index in [0.29, 0.717) is 35.7 Å². The fourth-order valence-corrected chi connectivity index (χ4v) is 3.49. The molecule has 1 unspecified atom stereocenters. The van der Waals surface area contributed by atoms with E-state index in [0.717, 1.165) is 5.56 Å². The average molecular weight is 359 g/mol. The standard InChI is InChI=1S/C18H16ClFN4O/c19-12-3-1-2-11(6-12)16-9-21-4-5-24(16)18(25)14-7-13(20)8-15-17(14)23-10-22-15/h1-3,6-8,10,16,21H,4-5,9H2,(H,22,23). The van der Waals surface area contributed by atoms with Gasteiger partial charge in [-0.3, -0.25) is 4.79 Å². The smallest absolute Gasteiger partial charge is 0.256 e. The molecule has 3 aromatic rings. The van der Waals surface area contributed by atoms with Crippen molar-refractivity contribution in [3.8, 4) is 0 Å². The molecule has 0 bridgehead atoms. The highest BCUT2D eigenvalue weighted by molar-refractivity contribution is 6.30. The summed E-state index contributed by atoms with van der Waals surface area (Å²) in [6.07, 6.45) is 1.47. The molecule has 2 heterocycles. The summed E-state index contributed by atoms with van der Waals surface area (Å²) in [5.41, 5.74) is 2.21. The second-order valence-electron chi connectivity index (χ2n) is 6.03. The van der Waals surface area contributed by atoms with Crippen molar-refractivity contribution in [1.29, 1.82) is 0 Å². The molecule has 2 N–H and O–H groups in total. The molecule has 5 nitrogen and oxygen atoms in total. The van der Waals surface area contributed by atoms with E-state index < -0.39 is 5.82 Å². The van der Waals surface area contributed by atoms with Crippen LogP contribution in [0.5, 0.6) is 0 Å². The molecule has 1 amide bonds. The van der Waals surface area contributed by atoms with Crippen LogP contribution in [-0.4, -0.2) is 40.4 Å². The summed E-state index contributed by atoms with van der Waals surface area (Å²) in [6, 6.07) is 9.89. The quantitative estimate of drug-likeness (QED) is 0.739. The highest BCUT2D eigenvalue weighted by atomic mass is 35.5. The number of benzene rings is 2. The predicted octanol–water partition coefficient (Wildman–Crippen LogP) is 3.14. The number of amides is 1. The number of nitrogens with zero attached hydrogens (tertiary/aromatic N) is 2. The van der Waals surface area contributed by atoms with Crippen molar-refractivity contribution >= 4 is 28.5 Å². The molecule has 1 aliphatic rings. The van der Waals surface area contributed by atoms with Crippen molar-refractivity contribution in [1.82, 2.24) is 20.2 Å². The summed E-state index contributed by atoms with van der Waals surface area (Å²) in [4.78, 5) is 22.0. The third-order valence-corrected chi connectivity index (χ3v) is 4.69. The second kappa shape index (κ2) is 6.46. The van der Waals surface area contributed by atoms with E-state index in [1.165, 1.54) is 18.5 Å². The Morgan fingerprint density at radius 2 is 2.20 bits per heavy atom. The lowest BCUT2D eigenvalue weighted by atomic mass is 10.0. The second-order valence-corrected chi connectivity index (χ2v) is 6.46. The van der Waals surface area contributed by atoms with Gasteiger partial charge in [0.05, 0.1) is 23.4 Å². The van der Waals surface area contributed by atoms with E-state index in [2.05, 4.69) is 15.3 Å². The first-order valence-corrected chi connectivity index (χ1v) is 8.41. The Hall–Kier alpha value is -2.44. The number of nitrogens with one attached hydrogen (secondary N) is 2. The lowest BCUT2D eigenvalue weighted by Crippen LogP contribution is -2.48. The summed E-state index contributed by atoms with van der Waals surface area (Å²) >= 11 is 6.11. The molecule has 25 heavy (non-hydrogen) atoms. The average Bonchev–Trinajstić information content (AvgIpc) is 3.08. The van der Waals surface area contributed by atoms with Gasteiger partial charge in [0.15, 0.2) is 0 Å². The first kappa shape index (κ1) is 16.1. The van der Waals surface area contributed by atoms with Crippen LogP contribution in [0, 0.1) is 5.82 Å². The third kappa shape index (κ3) is 2.99. The van der Waals surface area contributed by atoms with Gasteiger partial charge in [0.2, 0.25) is 0 Å². The van der Waals surface area contributed by atoms with E-state index in [4.69, 9.17) is 11.6 Å². The van der Waals surface area contributed by atoms with Crippen LogP contribution >= 0.6 is 11.6 Å². The maximum atomic E-state index is 13.9. The van der Waals surface area contributed by atoms with Crippen molar-refractivity contribution in [2.24, 2.45) is 0 Å². The van der Waals surface area contributed by atoms with Gasteiger partial charge in [0.1, 0.15) is 11.3 Å². The molecule has 1 fully saturated rings. The first-order chi connectivity index (χ1) is 12.1. The maximum absolute atomic E-state index is 13.9. The molecule has 1 aliphatic heterocycles. The number of carbonyl (C=O) groups excluding carboxylic acids is 1. The van der Waals surface area contributed by atoms with Crippen molar-refractivity contribution in [2.75, 3.05) is 19.6 Å². The van der Waals surface area contributed by atoms with Gasteiger partial charge in [-0.25, -0.2) is 9.37 Å². The van der Waals surface area contributed by atoms with Gasteiger partial charge in [0, 0.05) is 24.7 Å². The lowest BCUT2D eigenvalue weighted by Gasteiger charge is -2.36. The summed E-state index contributed by atoms with van der Waals surface area (Å²) in [5.74, 6) is -0.697. The summed E-state index contributed by atoms with van der Waals surface area (Å²) < 4.78 is 13.9. The maximum Gasteiger partial charge on any atom is 0.256 e. The van der Waals surface area contributed by atoms with Crippen molar-refractivity contribution < 1.29 is 9.18 Å². The van der Waals surface area contributed by atoms with Gasteiger partial charge in [-0.2, -0.15) is 0 Å². The molecule has 4 rings (SSSR count). The molecule has 0 aliphatic carbocycles. The fourth-order valence-electron chi connectivity index (χ4n) is 3.29. The van der Waals surface area contributed by atoms with Gasteiger partial charge in [0.25, 0.3) is 5.91 Å². The molecule has 0 radical (unpaired) electrons. The molecule has 0 spiro atoms. The number of aromatic amines is 1. The molecule has 1 saturated heterocycles. The van der Waals surface area contributed by atoms with Gasteiger partial charge >= 0.3 is 0 Å². The van der Waals surface area contributed by atoms with Crippen LogP contribution in [0.2, 0.25) is 5.02 Å². The number of carbonyl (C=O) groups is 1. The van der Waals surface area contributed by atoms with E-state index >= 15 is 0 Å². The number of aromatic nitrogens is 2. The molecular formula is C18H16ClFN4O. The number of H-pyrrole nitrogens is 1. The number of halogens is 2. The number of hydrogen-bond donors (Lipinski definition) is 2. The highest BCUT2D eigenvalue weighted by Crippen LogP contribution is 2.28. The van der Waals surface area contributed by atoms with Gasteiger partial charge in [-0.1, -0.05) is 23.7 Å². The zero-order valence-corrected chi connectivity index (χ0v) is 14.1. The predicted molar refractivity (Wildman–Crippen MR) is 94.2 cm³/mol. The van der Waals surface area contributed by atoms with Gasteiger partial charge in [-0.05, 0) is 29.8 Å². The minimum absolute atomic E-state index is 0.169. The molecule has 7 heteroatoms. The molecule has 1 atom stereocenters. The summed E-state index contributed by atoms with van der Waals surface area (Å²) in [7, 11) is 0. The number of piperazine rings is 1. The number of fused-ring (bicyclic) bond motifs is 1. The topological polar surface area (TPSA) is 61.0 Å². The Labute approximate surface area is 148 Å². The minimum Gasteiger partial charge on any atom is -0.344 e. The number of imidazole rings is 1. The number of hydrogen-bond acceptors (Lipinski definition) is 3. The zero-order chi connectivity index (χ0) is 17.4. The van der Waals surface area contributed by atoms with Crippen LogP contribution in [0.15, 0.2) is 42.7 Å². The van der Waals surface area contributed by atoms with E-state index in [-0.39, 0.29) is 17.5 Å². The first-order valence-electron chi connectivity index (χ1n) is 8.03. The normalized spacial score (nSPS) is 17.8. The van der Waals surface area contributed by atoms with Crippen molar-refractivity contribution in [3.63, 3.8) is 0 Å². The Morgan fingerprint density at radius 3 is 3.04 bits per heavy atom. The Kier molecular flexibility index (Phi) is 4.15. The van der Waals surface area contributed by atoms with Crippen molar-refractivity contribution in [3.05, 3.63) is 64.7 Å². The lowest BCUT2D eigenvalue weighted by molar-refractivity contribution is 0.0635. The monoisotopic (exact) mass is 358 g/mol. The van der Waals surface area contributed by atoms with E-state index in [1.54, 1.807) is 11.0 Å². The van der Waals surface area contributed by atoms with Crippen LogP contribution in [0.25, 0.3) is 11.0 Å². The molecular weight excluding hydrogens is 343 g/mol. The minimum atomic E-state index is -0.463. The highest BCUT2D eigenvalue weighted by Gasteiger charge is 2.30. The molecule has 2 aromatic carbocycles.